The molecule has 2 heteroatoms. The highest BCUT2D eigenvalue weighted by Gasteiger charge is 2.38. The van der Waals surface area contributed by atoms with Gasteiger partial charge in [-0.2, -0.15) is 0 Å². The summed E-state index contributed by atoms with van der Waals surface area (Å²) in [6.07, 6.45) is 9.22. The zero-order valence-corrected chi connectivity index (χ0v) is 12.1. The van der Waals surface area contributed by atoms with E-state index in [-0.39, 0.29) is 5.54 Å². The smallest absolute Gasteiger partial charge is 0.0332 e. The summed E-state index contributed by atoms with van der Waals surface area (Å²) in [6, 6.07) is 0. The third-order valence-corrected chi connectivity index (χ3v) is 4.96. The Bertz CT molecular complexity index is 201. The predicted molar refractivity (Wildman–Crippen MR) is 76.1 cm³/mol. The van der Waals surface area contributed by atoms with Crippen LogP contribution in [0.2, 0.25) is 0 Å². The Morgan fingerprint density at radius 2 is 1.94 bits per heavy atom. The van der Waals surface area contributed by atoms with Gasteiger partial charge in [-0.15, -0.1) is 0 Å². The molecule has 0 saturated heterocycles. The number of hydrogen-bond acceptors (Lipinski definition) is 2. The zero-order chi connectivity index (χ0) is 12.7. The van der Waals surface area contributed by atoms with Crippen molar-refractivity contribution in [3.05, 3.63) is 0 Å². The van der Waals surface area contributed by atoms with Crippen LogP contribution in [0.4, 0.5) is 0 Å². The first-order valence-electron chi connectivity index (χ1n) is 7.67. The standard InChI is InChI=1S/C15H32N2/c1-4-13(5-2)11-17-15(12-16)10-8-7-9-14(15)6-3/h13-14,17H,4-12,16H2,1-3H3. The molecule has 0 radical (unpaired) electrons. The van der Waals surface area contributed by atoms with Gasteiger partial charge >= 0.3 is 0 Å². The summed E-state index contributed by atoms with van der Waals surface area (Å²) in [7, 11) is 0. The molecule has 1 fully saturated rings. The Kier molecular flexibility index (Phi) is 6.50. The van der Waals surface area contributed by atoms with Crippen LogP contribution >= 0.6 is 0 Å². The summed E-state index contributed by atoms with van der Waals surface area (Å²) >= 11 is 0. The van der Waals surface area contributed by atoms with Crippen molar-refractivity contribution in [3.8, 4) is 0 Å². The Labute approximate surface area is 108 Å². The van der Waals surface area contributed by atoms with Gasteiger partial charge in [0.15, 0.2) is 0 Å². The first kappa shape index (κ1) is 15.0. The normalized spacial score (nSPS) is 29.8. The second kappa shape index (κ2) is 7.38. The minimum atomic E-state index is 0.246. The minimum absolute atomic E-state index is 0.246. The highest BCUT2D eigenvalue weighted by molar-refractivity contribution is 4.97. The van der Waals surface area contributed by atoms with Crippen molar-refractivity contribution >= 4 is 0 Å². The molecule has 0 amide bonds. The van der Waals surface area contributed by atoms with Crippen LogP contribution in [0.5, 0.6) is 0 Å². The van der Waals surface area contributed by atoms with E-state index in [2.05, 4.69) is 26.1 Å². The van der Waals surface area contributed by atoms with Gasteiger partial charge in [0.25, 0.3) is 0 Å². The number of nitrogens with one attached hydrogen (secondary N) is 1. The van der Waals surface area contributed by atoms with Gasteiger partial charge in [0.1, 0.15) is 0 Å². The van der Waals surface area contributed by atoms with Gasteiger partial charge in [0, 0.05) is 12.1 Å². The van der Waals surface area contributed by atoms with Crippen molar-refractivity contribution in [3.63, 3.8) is 0 Å². The lowest BCUT2D eigenvalue weighted by Gasteiger charge is -2.45. The van der Waals surface area contributed by atoms with E-state index in [4.69, 9.17) is 5.73 Å². The fourth-order valence-electron chi connectivity index (χ4n) is 3.41. The van der Waals surface area contributed by atoms with Crippen molar-refractivity contribution in [1.29, 1.82) is 0 Å². The van der Waals surface area contributed by atoms with Crippen LogP contribution in [0.1, 0.15) is 65.7 Å². The molecule has 3 N–H and O–H groups in total. The van der Waals surface area contributed by atoms with Crippen LogP contribution in [0.15, 0.2) is 0 Å². The number of rotatable bonds is 7. The third kappa shape index (κ3) is 3.69. The van der Waals surface area contributed by atoms with Crippen LogP contribution in [-0.4, -0.2) is 18.6 Å². The van der Waals surface area contributed by atoms with Crippen LogP contribution < -0.4 is 11.1 Å². The van der Waals surface area contributed by atoms with Crippen LogP contribution in [-0.2, 0) is 0 Å². The Morgan fingerprint density at radius 3 is 2.47 bits per heavy atom. The summed E-state index contributed by atoms with van der Waals surface area (Å²) in [5.74, 6) is 1.61. The first-order valence-corrected chi connectivity index (χ1v) is 7.67. The number of nitrogens with two attached hydrogens (primary N) is 1. The van der Waals surface area contributed by atoms with Gasteiger partial charge in [-0.05, 0) is 31.2 Å². The summed E-state index contributed by atoms with van der Waals surface area (Å²) in [5, 5.41) is 3.86. The maximum atomic E-state index is 6.11. The number of hydrogen-bond donors (Lipinski definition) is 2. The topological polar surface area (TPSA) is 38.0 Å². The molecule has 1 saturated carbocycles. The molecule has 2 nitrogen and oxygen atoms in total. The lowest BCUT2D eigenvalue weighted by atomic mass is 9.71. The zero-order valence-electron chi connectivity index (χ0n) is 12.1. The molecule has 0 aromatic carbocycles. The lowest BCUT2D eigenvalue weighted by molar-refractivity contribution is 0.136. The Balaban J connectivity index is 2.59. The molecule has 17 heavy (non-hydrogen) atoms. The molecule has 1 rings (SSSR count). The predicted octanol–water partition coefficient (Wildman–Crippen LogP) is 3.31. The Hall–Kier alpha value is -0.0800. The average molecular weight is 240 g/mol. The molecular formula is C15H32N2. The molecule has 0 bridgehead atoms. The maximum absolute atomic E-state index is 6.11. The fraction of sp³-hybridized carbons (Fsp3) is 1.00. The van der Waals surface area contributed by atoms with Crippen molar-refractivity contribution in [1.82, 2.24) is 5.32 Å². The maximum Gasteiger partial charge on any atom is 0.0332 e. The van der Waals surface area contributed by atoms with E-state index in [1.165, 1.54) is 44.9 Å². The average Bonchev–Trinajstić information content (AvgIpc) is 2.40. The summed E-state index contributed by atoms with van der Waals surface area (Å²) in [4.78, 5) is 0. The SMILES string of the molecule is CCC(CC)CNC1(CN)CCCCC1CC. The van der Waals surface area contributed by atoms with Crippen molar-refractivity contribution in [2.24, 2.45) is 17.6 Å². The molecule has 0 aromatic heterocycles. The van der Waals surface area contributed by atoms with E-state index in [1.807, 2.05) is 0 Å². The third-order valence-electron chi connectivity index (χ3n) is 4.96. The van der Waals surface area contributed by atoms with Crippen molar-refractivity contribution in [2.75, 3.05) is 13.1 Å². The largest absolute Gasteiger partial charge is 0.329 e. The van der Waals surface area contributed by atoms with E-state index in [0.29, 0.717) is 0 Å². The van der Waals surface area contributed by atoms with Crippen LogP contribution in [0, 0.1) is 11.8 Å². The highest BCUT2D eigenvalue weighted by Crippen LogP contribution is 2.35. The highest BCUT2D eigenvalue weighted by atomic mass is 15.0. The van der Waals surface area contributed by atoms with Crippen LogP contribution in [0.3, 0.4) is 0 Å². The molecular weight excluding hydrogens is 208 g/mol. The Morgan fingerprint density at radius 1 is 1.24 bits per heavy atom. The van der Waals surface area contributed by atoms with E-state index in [1.54, 1.807) is 0 Å². The van der Waals surface area contributed by atoms with Gasteiger partial charge in [-0.3, -0.25) is 0 Å². The van der Waals surface area contributed by atoms with Crippen molar-refractivity contribution in [2.45, 2.75) is 71.3 Å². The van der Waals surface area contributed by atoms with Crippen LogP contribution in [0.25, 0.3) is 0 Å². The second-order valence-electron chi connectivity index (χ2n) is 5.77. The molecule has 0 aliphatic heterocycles. The van der Waals surface area contributed by atoms with Gasteiger partial charge < -0.3 is 11.1 Å². The molecule has 1 aliphatic carbocycles. The van der Waals surface area contributed by atoms with Gasteiger partial charge in [-0.1, -0.05) is 52.9 Å². The lowest BCUT2D eigenvalue weighted by Crippen LogP contribution is -2.58. The van der Waals surface area contributed by atoms with E-state index >= 15 is 0 Å². The summed E-state index contributed by atoms with van der Waals surface area (Å²) in [6.45, 7) is 8.87. The summed E-state index contributed by atoms with van der Waals surface area (Å²) in [5.41, 5.74) is 6.36. The molecule has 1 aliphatic rings. The van der Waals surface area contributed by atoms with Gasteiger partial charge in [0.05, 0.1) is 0 Å². The minimum Gasteiger partial charge on any atom is -0.329 e. The first-order chi connectivity index (χ1) is 8.22. The van der Waals surface area contributed by atoms with E-state index in [0.717, 1.165) is 24.9 Å². The molecule has 102 valence electrons. The van der Waals surface area contributed by atoms with Gasteiger partial charge in [0.2, 0.25) is 0 Å². The van der Waals surface area contributed by atoms with Crippen molar-refractivity contribution < 1.29 is 0 Å². The monoisotopic (exact) mass is 240 g/mol. The molecule has 0 heterocycles. The van der Waals surface area contributed by atoms with Gasteiger partial charge in [-0.25, -0.2) is 0 Å². The fourth-order valence-corrected chi connectivity index (χ4v) is 3.41. The second-order valence-corrected chi connectivity index (χ2v) is 5.77. The molecule has 2 atom stereocenters. The molecule has 2 unspecified atom stereocenters. The van der Waals surface area contributed by atoms with E-state index < -0.39 is 0 Å². The van der Waals surface area contributed by atoms with E-state index in [9.17, 15) is 0 Å². The summed E-state index contributed by atoms with van der Waals surface area (Å²) < 4.78 is 0. The molecule has 0 aromatic rings. The quantitative estimate of drug-likeness (QED) is 0.716. The molecule has 0 spiro atoms.